The standard InChI is InChI=1S/C12H20N6O2S/c13-10(19)8-18-4-1-2-9(7-18)12(20)14-3-5-21-11-6-15-17-16-11/h6,9H,1-5,7-8H2,(H2,13,19)(H,14,20)(H,15,16,17)/t9-/m0/s1. The first-order valence-corrected chi connectivity index (χ1v) is 7.90. The number of hydrogen-bond donors (Lipinski definition) is 3. The molecule has 21 heavy (non-hydrogen) atoms. The highest BCUT2D eigenvalue weighted by molar-refractivity contribution is 7.99. The molecule has 1 fully saturated rings. The van der Waals surface area contributed by atoms with Crippen LogP contribution in [0.25, 0.3) is 0 Å². The fourth-order valence-corrected chi connectivity index (χ4v) is 3.01. The van der Waals surface area contributed by atoms with Gasteiger partial charge in [0.15, 0.2) is 0 Å². The van der Waals surface area contributed by atoms with Crippen LogP contribution in [0, 0.1) is 5.92 Å². The Morgan fingerprint density at radius 2 is 2.43 bits per heavy atom. The minimum atomic E-state index is -0.347. The van der Waals surface area contributed by atoms with Crippen molar-refractivity contribution in [2.75, 3.05) is 31.9 Å². The molecule has 2 rings (SSSR count). The second-order valence-corrected chi connectivity index (χ2v) is 6.10. The van der Waals surface area contributed by atoms with Crippen molar-refractivity contribution in [3.8, 4) is 0 Å². The third-order valence-electron chi connectivity index (χ3n) is 3.30. The fourth-order valence-electron chi connectivity index (χ4n) is 2.37. The molecule has 1 saturated heterocycles. The molecule has 4 N–H and O–H groups in total. The van der Waals surface area contributed by atoms with E-state index in [1.807, 2.05) is 4.90 Å². The molecule has 1 aromatic heterocycles. The summed E-state index contributed by atoms with van der Waals surface area (Å²) in [4.78, 5) is 25.0. The molecule has 116 valence electrons. The highest BCUT2D eigenvalue weighted by Gasteiger charge is 2.26. The van der Waals surface area contributed by atoms with Crippen molar-refractivity contribution in [3.05, 3.63) is 6.20 Å². The number of rotatable bonds is 7. The maximum atomic E-state index is 12.1. The van der Waals surface area contributed by atoms with Crippen molar-refractivity contribution in [1.82, 2.24) is 25.6 Å². The maximum absolute atomic E-state index is 12.1. The Labute approximate surface area is 127 Å². The Hall–Kier alpha value is -1.61. The number of nitrogens with two attached hydrogens (primary N) is 1. The maximum Gasteiger partial charge on any atom is 0.231 e. The minimum absolute atomic E-state index is 0.0462. The molecule has 0 unspecified atom stereocenters. The van der Waals surface area contributed by atoms with E-state index in [0.717, 1.165) is 30.2 Å². The van der Waals surface area contributed by atoms with Crippen LogP contribution in [0.5, 0.6) is 0 Å². The zero-order chi connectivity index (χ0) is 15.1. The van der Waals surface area contributed by atoms with Crippen molar-refractivity contribution in [2.24, 2.45) is 11.7 Å². The number of nitrogens with zero attached hydrogens (tertiary/aromatic N) is 3. The monoisotopic (exact) mass is 312 g/mol. The molecule has 1 aromatic rings. The Morgan fingerprint density at radius 3 is 3.14 bits per heavy atom. The number of likely N-dealkylation sites (tertiary alicyclic amines) is 1. The van der Waals surface area contributed by atoms with Gasteiger partial charge in [-0.15, -0.1) is 16.9 Å². The number of nitrogens with one attached hydrogen (secondary N) is 2. The molecular weight excluding hydrogens is 292 g/mol. The van der Waals surface area contributed by atoms with Crippen LogP contribution in [0.1, 0.15) is 12.8 Å². The van der Waals surface area contributed by atoms with Crippen LogP contribution in [0.15, 0.2) is 11.2 Å². The van der Waals surface area contributed by atoms with Gasteiger partial charge in [-0.2, -0.15) is 10.3 Å². The van der Waals surface area contributed by atoms with Crippen molar-refractivity contribution < 1.29 is 9.59 Å². The normalized spacial score (nSPS) is 19.3. The summed E-state index contributed by atoms with van der Waals surface area (Å²) in [5.74, 6) is 0.385. The van der Waals surface area contributed by atoms with Gasteiger partial charge in [-0.05, 0) is 19.4 Å². The molecule has 8 nitrogen and oxygen atoms in total. The van der Waals surface area contributed by atoms with Crippen LogP contribution in [-0.4, -0.2) is 64.1 Å². The second kappa shape index (κ2) is 7.99. The van der Waals surface area contributed by atoms with Crippen LogP contribution < -0.4 is 11.1 Å². The van der Waals surface area contributed by atoms with Crippen LogP contribution in [-0.2, 0) is 9.59 Å². The SMILES string of the molecule is NC(=O)CN1CCC[C@H](C(=O)NCCSc2cn[nH]n2)C1. The number of thioether (sulfide) groups is 1. The first-order valence-electron chi connectivity index (χ1n) is 6.92. The van der Waals surface area contributed by atoms with Crippen molar-refractivity contribution >= 4 is 23.6 Å². The zero-order valence-electron chi connectivity index (χ0n) is 11.7. The van der Waals surface area contributed by atoms with E-state index in [4.69, 9.17) is 5.73 Å². The summed E-state index contributed by atoms with van der Waals surface area (Å²) in [5, 5.41) is 13.9. The summed E-state index contributed by atoms with van der Waals surface area (Å²) < 4.78 is 0. The smallest absolute Gasteiger partial charge is 0.231 e. The first-order chi connectivity index (χ1) is 10.1. The van der Waals surface area contributed by atoms with Crippen molar-refractivity contribution in [2.45, 2.75) is 17.9 Å². The minimum Gasteiger partial charge on any atom is -0.369 e. The Morgan fingerprint density at radius 1 is 1.57 bits per heavy atom. The summed E-state index contributed by atoms with van der Waals surface area (Å²) in [7, 11) is 0. The van der Waals surface area contributed by atoms with Gasteiger partial charge >= 0.3 is 0 Å². The molecule has 0 saturated carbocycles. The summed E-state index contributed by atoms with van der Waals surface area (Å²) >= 11 is 1.53. The van der Waals surface area contributed by atoms with E-state index in [-0.39, 0.29) is 24.3 Å². The third-order valence-corrected chi connectivity index (χ3v) is 4.20. The van der Waals surface area contributed by atoms with E-state index in [1.165, 1.54) is 11.8 Å². The van der Waals surface area contributed by atoms with E-state index in [0.29, 0.717) is 13.1 Å². The number of primary amides is 1. The molecule has 0 radical (unpaired) electrons. The number of carbonyl (C=O) groups is 2. The van der Waals surface area contributed by atoms with E-state index < -0.39 is 0 Å². The van der Waals surface area contributed by atoms with Crippen LogP contribution in [0.2, 0.25) is 0 Å². The molecule has 9 heteroatoms. The predicted molar refractivity (Wildman–Crippen MR) is 78.5 cm³/mol. The molecule has 1 atom stereocenters. The van der Waals surface area contributed by atoms with E-state index in [2.05, 4.69) is 20.7 Å². The van der Waals surface area contributed by atoms with E-state index in [9.17, 15) is 9.59 Å². The van der Waals surface area contributed by atoms with Gasteiger partial charge in [-0.25, -0.2) is 0 Å². The van der Waals surface area contributed by atoms with Gasteiger partial charge in [0, 0.05) is 18.8 Å². The van der Waals surface area contributed by atoms with Crippen LogP contribution >= 0.6 is 11.8 Å². The predicted octanol–water partition coefficient (Wildman–Crippen LogP) is -0.790. The molecule has 2 amide bonds. The number of hydrogen-bond acceptors (Lipinski definition) is 6. The lowest BCUT2D eigenvalue weighted by molar-refractivity contribution is -0.128. The van der Waals surface area contributed by atoms with E-state index >= 15 is 0 Å². The second-order valence-electron chi connectivity index (χ2n) is 4.99. The number of aromatic amines is 1. The molecule has 0 aliphatic carbocycles. The molecule has 1 aliphatic heterocycles. The highest BCUT2D eigenvalue weighted by atomic mass is 32.2. The number of H-pyrrole nitrogens is 1. The summed E-state index contributed by atoms with van der Waals surface area (Å²) in [6, 6.07) is 0. The lowest BCUT2D eigenvalue weighted by Crippen LogP contribution is -2.46. The molecule has 1 aliphatic rings. The van der Waals surface area contributed by atoms with Gasteiger partial charge in [0.2, 0.25) is 11.8 Å². The number of amides is 2. The van der Waals surface area contributed by atoms with Gasteiger partial charge in [-0.3, -0.25) is 14.5 Å². The Balaban J connectivity index is 1.66. The lowest BCUT2D eigenvalue weighted by atomic mass is 9.97. The van der Waals surface area contributed by atoms with Crippen molar-refractivity contribution in [1.29, 1.82) is 0 Å². The molecule has 2 heterocycles. The molecule has 0 spiro atoms. The van der Waals surface area contributed by atoms with Crippen LogP contribution in [0.3, 0.4) is 0 Å². The Bertz CT molecular complexity index is 466. The lowest BCUT2D eigenvalue weighted by Gasteiger charge is -2.30. The quantitative estimate of drug-likeness (QED) is 0.449. The average Bonchev–Trinajstić information content (AvgIpc) is 2.96. The highest BCUT2D eigenvalue weighted by Crippen LogP contribution is 2.16. The first kappa shape index (κ1) is 15.8. The fraction of sp³-hybridized carbons (Fsp3) is 0.667. The number of aromatic nitrogens is 3. The van der Waals surface area contributed by atoms with Gasteiger partial charge in [0.05, 0.1) is 18.7 Å². The molecule has 0 bridgehead atoms. The van der Waals surface area contributed by atoms with Crippen molar-refractivity contribution in [3.63, 3.8) is 0 Å². The summed E-state index contributed by atoms with van der Waals surface area (Å²) in [5.41, 5.74) is 5.19. The summed E-state index contributed by atoms with van der Waals surface area (Å²) in [6.45, 7) is 2.24. The van der Waals surface area contributed by atoms with Gasteiger partial charge in [0.1, 0.15) is 5.03 Å². The topological polar surface area (TPSA) is 117 Å². The van der Waals surface area contributed by atoms with Crippen LogP contribution in [0.4, 0.5) is 0 Å². The average molecular weight is 312 g/mol. The number of piperidine rings is 1. The molecule has 0 aromatic carbocycles. The van der Waals surface area contributed by atoms with Gasteiger partial charge < -0.3 is 11.1 Å². The Kier molecular flexibility index (Phi) is 6.00. The number of carbonyl (C=O) groups excluding carboxylic acids is 2. The summed E-state index contributed by atoms with van der Waals surface area (Å²) in [6.07, 6.45) is 3.42. The van der Waals surface area contributed by atoms with Gasteiger partial charge in [0.25, 0.3) is 0 Å². The third kappa shape index (κ3) is 5.35. The van der Waals surface area contributed by atoms with Gasteiger partial charge in [-0.1, -0.05) is 0 Å². The zero-order valence-corrected chi connectivity index (χ0v) is 12.6. The molecular formula is C12H20N6O2S. The largest absolute Gasteiger partial charge is 0.369 e. The van der Waals surface area contributed by atoms with E-state index in [1.54, 1.807) is 6.20 Å².